The van der Waals surface area contributed by atoms with Crippen molar-refractivity contribution < 1.29 is 27.8 Å². The van der Waals surface area contributed by atoms with Crippen LogP contribution >= 0.6 is 0 Å². The van der Waals surface area contributed by atoms with E-state index in [9.17, 15) is 4.79 Å². The quantitative estimate of drug-likeness (QED) is 0.248. The second-order valence-electron chi connectivity index (χ2n) is 8.31. The van der Waals surface area contributed by atoms with Crippen molar-refractivity contribution in [1.82, 2.24) is 9.88 Å². The molecule has 0 bridgehead atoms. The Labute approximate surface area is 214 Å². The third kappa shape index (κ3) is 4.86. The summed E-state index contributed by atoms with van der Waals surface area (Å²) in [5.41, 5.74) is 2.51. The van der Waals surface area contributed by atoms with E-state index in [1.165, 1.54) is 0 Å². The van der Waals surface area contributed by atoms with E-state index in [0.29, 0.717) is 45.5 Å². The average Bonchev–Trinajstić information content (AvgIpc) is 3.65. The first-order chi connectivity index (χ1) is 18.1. The van der Waals surface area contributed by atoms with Crippen LogP contribution in [-0.4, -0.2) is 37.1 Å². The molecule has 0 atom stereocenters. The summed E-state index contributed by atoms with van der Waals surface area (Å²) in [7, 11) is 4.67. The zero-order valence-electron chi connectivity index (χ0n) is 20.8. The SMILES string of the molecule is COc1cc(-c2cc(C(=O)N(Cc3ccco3)Cc3ccco3)c3ccccc3n2)cc(OC)c1OC. The van der Waals surface area contributed by atoms with Crippen molar-refractivity contribution in [3.8, 4) is 28.5 Å². The number of aromatic nitrogens is 1. The third-order valence-corrected chi connectivity index (χ3v) is 6.05. The largest absolute Gasteiger partial charge is 0.493 e. The van der Waals surface area contributed by atoms with Gasteiger partial charge in [0.2, 0.25) is 5.75 Å². The average molecular weight is 499 g/mol. The number of pyridine rings is 1. The summed E-state index contributed by atoms with van der Waals surface area (Å²) in [5.74, 6) is 2.63. The predicted molar refractivity (Wildman–Crippen MR) is 138 cm³/mol. The molecule has 0 aliphatic heterocycles. The molecule has 0 unspecified atom stereocenters. The molecule has 0 radical (unpaired) electrons. The predicted octanol–water partition coefficient (Wildman–Crippen LogP) is 5.96. The highest BCUT2D eigenvalue weighted by atomic mass is 16.5. The van der Waals surface area contributed by atoms with Crippen LogP contribution in [0.25, 0.3) is 22.2 Å². The molecule has 3 heterocycles. The Balaban J connectivity index is 1.63. The van der Waals surface area contributed by atoms with Crippen LogP contribution in [0.5, 0.6) is 17.2 Å². The molecule has 0 spiro atoms. The van der Waals surface area contributed by atoms with E-state index in [2.05, 4.69) is 0 Å². The summed E-state index contributed by atoms with van der Waals surface area (Å²) in [5, 5.41) is 0.743. The van der Waals surface area contributed by atoms with Crippen LogP contribution in [0.4, 0.5) is 0 Å². The summed E-state index contributed by atoms with van der Waals surface area (Å²) < 4.78 is 27.6. The van der Waals surface area contributed by atoms with Crippen LogP contribution in [0, 0.1) is 0 Å². The Hall–Kier alpha value is -4.72. The molecule has 0 saturated carbocycles. The number of hydrogen-bond donors (Lipinski definition) is 0. The van der Waals surface area contributed by atoms with E-state index in [1.54, 1.807) is 57.0 Å². The number of carbonyl (C=O) groups is 1. The second kappa shape index (κ2) is 10.5. The van der Waals surface area contributed by atoms with E-state index in [0.717, 1.165) is 10.9 Å². The molecule has 0 saturated heterocycles. The van der Waals surface area contributed by atoms with Crippen molar-refractivity contribution >= 4 is 16.8 Å². The van der Waals surface area contributed by atoms with Crippen LogP contribution < -0.4 is 14.2 Å². The number of nitrogens with zero attached hydrogens (tertiary/aromatic N) is 2. The van der Waals surface area contributed by atoms with Crippen LogP contribution in [0.1, 0.15) is 21.9 Å². The van der Waals surface area contributed by atoms with Crippen molar-refractivity contribution in [3.05, 3.63) is 96.3 Å². The Morgan fingerprint density at radius 1 is 0.811 bits per heavy atom. The van der Waals surface area contributed by atoms with E-state index in [-0.39, 0.29) is 19.0 Å². The zero-order chi connectivity index (χ0) is 25.8. The van der Waals surface area contributed by atoms with E-state index >= 15 is 0 Å². The highest BCUT2D eigenvalue weighted by molar-refractivity contribution is 6.07. The number of furan rings is 2. The molecule has 0 aliphatic carbocycles. The minimum absolute atomic E-state index is 0.180. The van der Waals surface area contributed by atoms with Crippen molar-refractivity contribution in [2.45, 2.75) is 13.1 Å². The van der Waals surface area contributed by atoms with Crippen LogP contribution in [0.2, 0.25) is 0 Å². The first-order valence-electron chi connectivity index (χ1n) is 11.7. The van der Waals surface area contributed by atoms with Gasteiger partial charge in [-0.05, 0) is 48.5 Å². The van der Waals surface area contributed by atoms with Gasteiger partial charge < -0.3 is 27.9 Å². The fourth-order valence-electron chi connectivity index (χ4n) is 4.28. The number of hydrogen-bond acceptors (Lipinski definition) is 7. The molecule has 5 rings (SSSR count). The van der Waals surface area contributed by atoms with Crippen molar-refractivity contribution in [3.63, 3.8) is 0 Å². The Morgan fingerprint density at radius 2 is 1.43 bits per heavy atom. The lowest BCUT2D eigenvalue weighted by atomic mass is 10.0. The van der Waals surface area contributed by atoms with Gasteiger partial charge in [-0.3, -0.25) is 4.79 Å². The van der Waals surface area contributed by atoms with Gasteiger partial charge in [0, 0.05) is 10.9 Å². The van der Waals surface area contributed by atoms with Gasteiger partial charge in [-0.25, -0.2) is 4.98 Å². The molecular weight excluding hydrogens is 472 g/mol. The van der Waals surface area contributed by atoms with E-state index < -0.39 is 0 Å². The molecule has 37 heavy (non-hydrogen) atoms. The summed E-state index contributed by atoms with van der Waals surface area (Å²) in [6, 6.07) is 20.3. The molecule has 8 heteroatoms. The number of fused-ring (bicyclic) bond motifs is 1. The highest BCUT2D eigenvalue weighted by Gasteiger charge is 2.23. The van der Waals surface area contributed by atoms with Gasteiger partial charge in [0.05, 0.1) is 63.7 Å². The number of methoxy groups -OCH3 is 3. The number of rotatable bonds is 9. The molecule has 2 aromatic carbocycles. The van der Waals surface area contributed by atoms with Gasteiger partial charge in [-0.2, -0.15) is 0 Å². The molecule has 1 amide bonds. The van der Waals surface area contributed by atoms with Gasteiger partial charge in [-0.1, -0.05) is 18.2 Å². The molecule has 0 N–H and O–H groups in total. The van der Waals surface area contributed by atoms with Crippen molar-refractivity contribution in [1.29, 1.82) is 0 Å². The fraction of sp³-hybridized carbons (Fsp3) is 0.172. The summed E-state index contributed by atoms with van der Waals surface area (Å²) in [4.78, 5) is 20.6. The zero-order valence-corrected chi connectivity index (χ0v) is 20.8. The minimum Gasteiger partial charge on any atom is -0.493 e. The van der Waals surface area contributed by atoms with Gasteiger partial charge in [0.15, 0.2) is 11.5 Å². The normalized spacial score (nSPS) is 10.9. The smallest absolute Gasteiger partial charge is 0.255 e. The lowest BCUT2D eigenvalue weighted by molar-refractivity contribution is 0.0707. The molecule has 0 fully saturated rings. The van der Waals surface area contributed by atoms with Gasteiger partial charge in [0.25, 0.3) is 5.91 Å². The third-order valence-electron chi connectivity index (χ3n) is 6.05. The lowest BCUT2D eigenvalue weighted by Gasteiger charge is -2.22. The van der Waals surface area contributed by atoms with Gasteiger partial charge in [0.1, 0.15) is 11.5 Å². The topological polar surface area (TPSA) is 87.2 Å². The van der Waals surface area contributed by atoms with E-state index in [4.69, 9.17) is 28.0 Å². The van der Waals surface area contributed by atoms with Crippen molar-refractivity contribution in [2.75, 3.05) is 21.3 Å². The molecule has 0 aliphatic rings. The second-order valence-corrected chi connectivity index (χ2v) is 8.31. The van der Waals surface area contributed by atoms with Crippen LogP contribution in [0.3, 0.4) is 0 Å². The Bertz CT molecular complexity index is 1450. The molecule has 5 aromatic rings. The summed E-state index contributed by atoms with van der Waals surface area (Å²) in [6.07, 6.45) is 3.19. The van der Waals surface area contributed by atoms with Crippen LogP contribution in [0.15, 0.2) is 88.1 Å². The minimum atomic E-state index is -0.180. The maximum Gasteiger partial charge on any atom is 0.255 e. The fourth-order valence-corrected chi connectivity index (χ4v) is 4.28. The van der Waals surface area contributed by atoms with Crippen LogP contribution in [-0.2, 0) is 13.1 Å². The summed E-state index contributed by atoms with van der Waals surface area (Å²) >= 11 is 0. The van der Waals surface area contributed by atoms with Gasteiger partial charge in [-0.15, -0.1) is 0 Å². The molecular formula is C29H26N2O6. The number of carbonyl (C=O) groups excluding carboxylic acids is 1. The highest BCUT2D eigenvalue weighted by Crippen LogP contribution is 2.41. The maximum atomic E-state index is 14.1. The monoisotopic (exact) mass is 498 g/mol. The molecule has 188 valence electrons. The first-order valence-corrected chi connectivity index (χ1v) is 11.7. The van der Waals surface area contributed by atoms with E-state index in [1.807, 2.05) is 48.5 Å². The number of benzene rings is 2. The standard InChI is InChI=1S/C29H26N2O6/c1-33-26-14-19(15-27(34-2)28(26)35-3)25-16-23(22-10-4-5-11-24(22)30-25)29(32)31(17-20-8-6-12-36-20)18-21-9-7-13-37-21/h4-16H,17-18H2,1-3H3. The lowest BCUT2D eigenvalue weighted by Crippen LogP contribution is -2.30. The van der Waals surface area contributed by atoms with Gasteiger partial charge >= 0.3 is 0 Å². The molecule has 3 aromatic heterocycles. The number of amides is 1. The van der Waals surface area contributed by atoms with Crippen molar-refractivity contribution in [2.24, 2.45) is 0 Å². The maximum absolute atomic E-state index is 14.1. The number of ether oxygens (including phenoxy) is 3. The number of para-hydroxylation sites is 1. The Kier molecular flexibility index (Phi) is 6.81. The molecule has 8 nitrogen and oxygen atoms in total. The summed E-state index contributed by atoms with van der Waals surface area (Å²) in [6.45, 7) is 0.561. The Morgan fingerprint density at radius 3 is 1.97 bits per heavy atom. The first kappa shape index (κ1) is 24.0.